The fourth-order valence-corrected chi connectivity index (χ4v) is 4.53. The van der Waals surface area contributed by atoms with E-state index in [-0.39, 0.29) is 0 Å². The first kappa shape index (κ1) is 18.3. The van der Waals surface area contributed by atoms with Gasteiger partial charge in [-0.1, -0.05) is 31.1 Å². The molecule has 3 nitrogen and oxygen atoms in total. The summed E-state index contributed by atoms with van der Waals surface area (Å²) in [7, 11) is 1.74. The molecule has 0 N–H and O–H groups in total. The van der Waals surface area contributed by atoms with Gasteiger partial charge in [0.1, 0.15) is 5.75 Å². The van der Waals surface area contributed by atoms with Crippen LogP contribution >= 0.6 is 0 Å². The Balaban J connectivity index is 1.53. The van der Waals surface area contributed by atoms with Crippen molar-refractivity contribution in [3.8, 4) is 5.75 Å². The zero-order valence-corrected chi connectivity index (χ0v) is 16.5. The van der Waals surface area contributed by atoms with Crippen LogP contribution in [0.25, 0.3) is 0 Å². The van der Waals surface area contributed by atoms with Crippen molar-refractivity contribution in [3.05, 3.63) is 35.4 Å². The van der Waals surface area contributed by atoms with Crippen LogP contribution in [0, 0.1) is 5.41 Å². The van der Waals surface area contributed by atoms with E-state index in [1.54, 1.807) is 18.3 Å². The quantitative estimate of drug-likeness (QED) is 0.719. The summed E-state index contributed by atoms with van der Waals surface area (Å²) in [6.07, 6.45) is 5.27. The molecule has 1 aromatic rings. The average Bonchev–Trinajstić information content (AvgIpc) is 2.61. The van der Waals surface area contributed by atoms with Crippen LogP contribution in [0.2, 0.25) is 0 Å². The number of nitrogens with zero attached hydrogens (tertiary/aromatic N) is 2. The van der Waals surface area contributed by atoms with Gasteiger partial charge < -0.3 is 9.64 Å². The minimum absolute atomic E-state index is 0.407. The van der Waals surface area contributed by atoms with Crippen molar-refractivity contribution in [2.45, 2.75) is 46.5 Å². The Morgan fingerprint density at radius 3 is 2.56 bits per heavy atom. The van der Waals surface area contributed by atoms with Gasteiger partial charge in [0.2, 0.25) is 0 Å². The first-order valence-electron chi connectivity index (χ1n) is 9.80. The summed E-state index contributed by atoms with van der Waals surface area (Å²) in [4.78, 5) is 5.12. The number of hydrogen-bond acceptors (Lipinski definition) is 3. The van der Waals surface area contributed by atoms with Gasteiger partial charge in [-0.3, -0.25) is 4.90 Å². The van der Waals surface area contributed by atoms with Gasteiger partial charge in [-0.05, 0) is 50.2 Å². The SMILES string of the molecule is COc1cccc(N2CCN(CCC3=C(C)CCCC3(C)C)CC2)c1. The number of rotatable bonds is 5. The molecule has 0 radical (unpaired) electrons. The third-order valence-electron chi connectivity index (χ3n) is 6.15. The monoisotopic (exact) mass is 342 g/mol. The molecule has 1 heterocycles. The van der Waals surface area contributed by atoms with Crippen molar-refractivity contribution in [2.75, 3.05) is 44.7 Å². The highest BCUT2D eigenvalue weighted by Gasteiger charge is 2.28. The van der Waals surface area contributed by atoms with Gasteiger partial charge in [-0.25, -0.2) is 0 Å². The lowest BCUT2D eigenvalue weighted by Crippen LogP contribution is -2.46. The lowest BCUT2D eigenvalue weighted by molar-refractivity contribution is 0.249. The minimum Gasteiger partial charge on any atom is -0.497 e. The molecule has 0 bridgehead atoms. The number of anilines is 1. The van der Waals surface area contributed by atoms with E-state index in [1.807, 2.05) is 6.07 Å². The van der Waals surface area contributed by atoms with Crippen molar-refractivity contribution in [2.24, 2.45) is 5.41 Å². The largest absolute Gasteiger partial charge is 0.497 e. The van der Waals surface area contributed by atoms with Crippen LogP contribution < -0.4 is 9.64 Å². The molecule has 1 aromatic carbocycles. The molecule has 25 heavy (non-hydrogen) atoms. The summed E-state index contributed by atoms with van der Waals surface area (Å²) < 4.78 is 5.36. The first-order valence-corrected chi connectivity index (χ1v) is 9.80. The molecule has 0 amide bonds. The van der Waals surface area contributed by atoms with E-state index in [4.69, 9.17) is 4.74 Å². The smallest absolute Gasteiger partial charge is 0.120 e. The van der Waals surface area contributed by atoms with E-state index in [2.05, 4.69) is 48.8 Å². The molecule has 138 valence electrons. The topological polar surface area (TPSA) is 15.7 Å². The second kappa shape index (κ2) is 7.82. The van der Waals surface area contributed by atoms with Crippen LogP contribution in [-0.4, -0.2) is 44.7 Å². The van der Waals surface area contributed by atoms with Crippen molar-refractivity contribution < 1.29 is 4.74 Å². The second-order valence-electron chi connectivity index (χ2n) is 8.28. The van der Waals surface area contributed by atoms with E-state index in [0.29, 0.717) is 5.41 Å². The van der Waals surface area contributed by atoms with Gasteiger partial charge in [0.05, 0.1) is 7.11 Å². The highest BCUT2D eigenvalue weighted by atomic mass is 16.5. The Hall–Kier alpha value is -1.48. The maximum atomic E-state index is 5.36. The summed E-state index contributed by atoms with van der Waals surface area (Å²) in [5, 5.41) is 0. The number of piperazine rings is 1. The molecule has 0 atom stereocenters. The van der Waals surface area contributed by atoms with Crippen LogP contribution in [0.3, 0.4) is 0 Å². The van der Waals surface area contributed by atoms with Crippen molar-refractivity contribution >= 4 is 5.69 Å². The zero-order valence-electron chi connectivity index (χ0n) is 16.5. The number of benzene rings is 1. The molecule has 0 saturated carbocycles. The van der Waals surface area contributed by atoms with Crippen molar-refractivity contribution in [1.29, 1.82) is 0 Å². The van der Waals surface area contributed by atoms with Gasteiger partial charge in [0.15, 0.2) is 0 Å². The fourth-order valence-electron chi connectivity index (χ4n) is 4.53. The lowest BCUT2D eigenvalue weighted by Gasteiger charge is -2.39. The second-order valence-corrected chi connectivity index (χ2v) is 8.28. The van der Waals surface area contributed by atoms with E-state index in [0.717, 1.165) is 31.9 Å². The Morgan fingerprint density at radius 2 is 1.88 bits per heavy atom. The third kappa shape index (κ3) is 4.38. The number of allylic oxidation sites excluding steroid dienone is 1. The Kier molecular flexibility index (Phi) is 5.73. The lowest BCUT2D eigenvalue weighted by atomic mass is 9.71. The summed E-state index contributed by atoms with van der Waals surface area (Å²) in [6, 6.07) is 8.44. The molecule has 1 aliphatic carbocycles. The highest BCUT2D eigenvalue weighted by molar-refractivity contribution is 5.51. The van der Waals surface area contributed by atoms with E-state index in [1.165, 1.54) is 37.9 Å². The number of methoxy groups -OCH3 is 1. The predicted octanol–water partition coefficient (Wildman–Crippen LogP) is 4.73. The summed E-state index contributed by atoms with van der Waals surface area (Å²) in [5.41, 5.74) is 5.08. The van der Waals surface area contributed by atoms with E-state index in [9.17, 15) is 0 Å². The van der Waals surface area contributed by atoms with Gasteiger partial charge in [0, 0.05) is 44.5 Å². The average molecular weight is 343 g/mol. The van der Waals surface area contributed by atoms with Crippen LogP contribution in [0.1, 0.15) is 46.5 Å². The standard InChI is InChI=1S/C22H34N2O/c1-18-7-6-11-22(2,3)21(18)10-12-23-13-15-24(16-14-23)19-8-5-9-20(17-19)25-4/h5,8-9,17H,6-7,10-16H2,1-4H3. The molecule has 3 rings (SSSR count). The molecule has 2 aliphatic rings. The predicted molar refractivity (Wildman–Crippen MR) is 107 cm³/mol. The molecule has 3 heteroatoms. The Labute approximate surface area is 153 Å². The number of hydrogen-bond donors (Lipinski definition) is 0. The van der Waals surface area contributed by atoms with Crippen LogP contribution in [0.5, 0.6) is 5.75 Å². The molecule has 1 saturated heterocycles. The molecule has 1 aliphatic heterocycles. The molecule has 0 aromatic heterocycles. The zero-order chi connectivity index (χ0) is 17.9. The summed E-state index contributed by atoms with van der Waals surface area (Å²) >= 11 is 0. The maximum absolute atomic E-state index is 5.36. The van der Waals surface area contributed by atoms with E-state index >= 15 is 0 Å². The van der Waals surface area contributed by atoms with Crippen LogP contribution in [-0.2, 0) is 0 Å². The molecular formula is C22H34N2O. The molecule has 0 spiro atoms. The van der Waals surface area contributed by atoms with Crippen LogP contribution in [0.15, 0.2) is 35.4 Å². The fraction of sp³-hybridized carbons (Fsp3) is 0.636. The maximum Gasteiger partial charge on any atom is 0.120 e. The molecule has 1 fully saturated rings. The van der Waals surface area contributed by atoms with Gasteiger partial charge in [-0.15, -0.1) is 0 Å². The van der Waals surface area contributed by atoms with Crippen molar-refractivity contribution in [1.82, 2.24) is 4.90 Å². The minimum atomic E-state index is 0.407. The Bertz CT molecular complexity index is 612. The van der Waals surface area contributed by atoms with Gasteiger partial charge in [-0.2, -0.15) is 0 Å². The molecule has 0 unspecified atom stereocenters. The van der Waals surface area contributed by atoms with Crippen molar-refractivity contribution in [3.63, 3.8) is 0 Å². The first-order chi connectivity index (χ1) is 12.0. The summed E-state index contributed by atoms with van der Waals surface area (Å²) in [5.74, 6) is 0.946. The van der Waals surface area contributed by atoms with E-state index < -0.39 is 0 Å². The van der Waals surface area contributed by atoms with Gasteiger partial charge in [0.25, 0.3) is 0 Å². The third-order valence-corrected chi connectivity index (χ3v) is 6.15. The van der Waals surface area contributed by atoms with Gasteiger partial charge >= 0.3 is 0 Å². The Morgan fingerprint density at radius 1 is 1.12 bits per heavy atom. The normalized spacial score (nSPS) is 21.5. The summed E-state index contributed by atoms with van der Waals surface area (Å²) in [6.45, 7) is 13.0. The number of ether oxygens (including phenoxy) is 1. The molecular weight excluding hydrogens is 308 g/mol. The highest BCUT2D eigenvalue weighted by Crippen LogP contribution is 2.41. The van der Waals surface area contributed by atoms with Crippen LogP contribution in [0.4, 0.5) is 5.69 Å².